The van der Waals surface area contributed by atoms with Crippen LogP contribution in [0, 0.1) is 0 Å². The molecular weight excluding hydrogens is 421 g/mol. The Morgan fingerprint density at radius 3 is 2.70 bits per heavy atom. The first-order valence-electron chi connectivity index (χ1n) is 9.31. The van der Waals surface area contributed by atoms with Crippen molar-refractivity contribution in [3.8, 4) is 0 Å². The molecule has 158 valence electrons. The van der Waals surface area contributed by atoms with E-state index >= 15 is 0 Å². The second-order valence-electron chi connectivity index (χ2n) is 6.95. The zero-order valence-corrected chi connectivity index (χ0v) is 16.4. The number of nitrogens with one attached hydrogen (secondary N) is 2. The Morgan fingerprint density at radius 1 is 1.27 bits per heavy atom. The van der Waals surface area contributed by atoms with Gasteiger partial charge in [0.25, 0.3) is 5.91 Å². The minimum absolute atomic E-state index is 0.0557. The van der Waals surface area contributed by atoms with Crippen molar-refractivity contribution in [1.82, 2.24) is 15.1 Å². The third kappa shape index (κ3) is 4.02. The van der Waals surface area contributed by atoms with E-state index in [0.29, 0.717) is 18.7 Å². The van der Waals surface area contributed by atoms with E-state index in [1.54, 1.807) is 12.1 Å². The Morgan fingerprint density at radius 2 is 2.03 bits per heavy atom. The molecule has 0 unspecified atom stereocenters. The van der Waals surface area contributed by atoms with Crippen molar-refractivity contribution in [2.45, 2.75) is 31.1 Å². The Kier molecular flexibility index (Phi) is 5.46. The lowest BCUT2D eigenvalue weighted by Gasteiger charge is -2.32. The van der Waals surface area contributed by atoms with Gasteiger partial charge in [-0.2, -0.15) is 18.3 Å². The number of amides is 1. The molecule has 0 saturated heterocycles. The molecule has 2 N–H and O–H groups in total. The minimum Gasteiger partial charge on any atom is -0.467 e. The SMILES string of the molecule is O=C(NCCc1ccccc1)c1nn2c(c1Cl)N[C@@H](c1ccco1)C[C@@H]2C(F)(F)F. The largest absolute Gasteiger partial charge is 0.467 e. The van der Waals surface area contributed by atoms with Crippen LogP contribution in [0.2, 0.25) is 5.02 Å². The smallest absolute Gasteiger partial charge is 0.410 e. The van der Waals surface area contributed by atoms with E-state index < -0.39 is 24.2 Å². The molecule has 30 heavy (non-hydrogen) atoms. The fraction of sp³-hybridized carbons (Fsp3) is 0.300. The average Bonchev–Trinajstić information content (AvgIpc) is 3.36. The lowest BCUT2D eigenvalue weighted by atomic mass is 10.0. The normalized spacial score (nSPS) is 18.5. The molecule has 2 atom stereocenters. The number of carbonyl (C=O) groups is 1. The number of hydrogen-bond donors (Lipinski definition) is 2. The molecule has 1 aliphatic rings. The number of furan rings is 1. The van der Waals surface area contributed by atoms with E-state index in [9.17, 15) is 18.0 Å². The zero-order chi connectivity index (χ0) is 21.3. The molecule has 10 heteroatoms. The summed E-state index contributed by atoms with van der Waals surface area (Å²) in [5.41, 5.74) is 0.773. The van der Waals surface area contributed by atoms with Gasteiger partial charge in [-0.05, 0) is 24.1 Å². The van der Waals surface area contributed by atoms with Crippen molar-refractivity contribution in [3.05, 3.63) is 70.8 Å². The van der Waals surface area contributed by atoms with E-state index in [2.05, 4.69) is 15.7 Å². The van der Waals surface area contributed by atoms with Gasteiger partial charge in [-0.3, -0.25) is 4.79 Å². The maximum atomic E-state index is 13.7. The van der Waals surface area contributed by atoms with E-state index in [-0.39, 0.29) is 23.0 Å². The lowest BCUT2D eigenvalue weighted by Crippen LogP contribution is -2.35. The van der Waals surface area contributed by atoms with Crippen LogP contribution in [0.3, 0.4) is 0 Å². The van der Waals surface area contributed by atoms with Crippen molar-refractivity contribution >= 4 is 23.3 Å². The van der Waals surface area contributed by atoms with Crippen molar-refractivity contribution in [3.63, 3.8) is 0 Å². The van der Waals surface area contributed by atoms with Crippen LogP contribution in [-0.2, 0) is 6.42 Å². The number of aromatic nitrogens is 2. The molecule has 3 aromatic rings. The van der Waals surface area contributed by atoms with E-state index in [1.165, 1.54) is 6.26 Å². The average molecular weight is 439 g/mol. The highest BCUT2D eigenvalue weighted by molar-refractivity contribution is 6.36. The van der Waals surface area contributed by atoms with Gasteiger partial charge in [0, 0.05) is 13.0 Å². The number of benzene rings is 1. The molecule has 0 fully saturated rings. The number of alkyl halides is 3. The summed E-state index contributed by atoms with van der Waals surface area (Å²) in [5, 5.41) is 9.33. The number of halogens is 4. The number of hydrogen-bond acceptors (Lipinski definition) is 4. The summed E-state index contributed by atoms with van der Waals surface area (Å²) in [6.07, 6.45) is -2.95. The maximum Gasteiger partial charge on any atom is 0.410 e. The number of carbonyl (C=O) groups excluding carboxylic acids is 1. The second-order valence-corrected chi connectivity index (χ2v) is 7.33. The van der Waals surface area contributed by atoms with Crippen LogP contribution in [0.15, 0.2) is 53.1 Å². The molecule has 0 bridgehead atoms. The van der Waals surface area contributed by atoms with Crippen LogP contribution in [0.4, 0.5) is 19.0 Å². The van der Waals surface area contributed by atoms with Crippen molar-refractivity contribution in [1.29, 1.82) is 0 Å². The Labute approximate surface area is 175 Å². The van der Waals surface area contributed by atoms with Gasteiger partial charge >= 0.3 is 6.18 Å². The molecule has 6 nitrogen and oxygen atoms in total. The highest BCUT2D eigenvalue weighted by Gasteiger charge is 2.48. The molecule has 0 saturated carbocycles. The number of anilines is 1. The summed E-state index contributed by atoms with van der Waals surface area (Å²) < 4.78 is 47.1. The Bertz CT molecular complexity index is 1020. The van der Waals surface area contributed by atoms with Crippen LogP contribution in [0.5, 0.6) is 0 Å². The van der Waals surface area contributed by atoms with Crippen LogP contribution >= 0.6 is 11.6 Å². The molecule has 4 rings (SSSR count). The van der Waals surface area contributed by atoms with Crippen LogP contribution in [0.25, 0.3) is 0 Å². The first-order chi connectivity index (χ1) is 14.3. The fourth-order valence-electron chi connectivity index (χ4n) is 3.46. The monoisotopic (exact) mass is 438 g/mol. The van der Waals surface area contributed by atoms with Gasteiger partial charge < -0.3 is 15.1 Å². The number of fused-ring (bicyclic) bond motifs is 1. The molecule has 2 aromatic heterocycles. The lowest BCUT2D eigenvalue weighted by molar-refractivity contribution is -0.174. The van der Waals surface area contributed by atoms with E-state index in [0.717, 1.165) is 10.2 Å². The van der Waals surface area contributed by atoms with Crippen molar-refractivity contribution < 1.29 is 22.4 Å². The molecule has 0 spiro atoms. The third-order valence-electron chi connectivity index (χ3n) is 4.94. The maximum absolute atomic E-state index is 13.7. The molecule has 0 aliphatic carbocycles. The van der Waals surface area contributed by atoms with Gasteiger partial charge in [-0.15, -0.1) is 0 Å². The third-order valence-corrected chi connectivity index (χ3v) is 5.30. The zero-order valence-electron chi connectivity index (χ0n) is 15.6. The van der Waals surface area contributed by atoms with Crippen molar-refractivity contribution in [2.24, 2.45) is 0 Å². The van der Waals surface area contributed by atoms with E-state index in [4.69, 9.17) is 16.0 Å². The van der Waals surface area contributed by atoms with Gasteiger partial charge in [0.15, 0.2) is 11.7 Å². The van der Waals surface area contributed by atoms with Gasteiger partial charge in [0.05, 0.1) is 12.3 Å². The molecular formula is C20H18ClF3N4O2. The second kappa shape index (κ2) is 8.06. The molecule has 1 aromatic carbocycles. The predicted molar refractivity (Wildman–Crippen MR) is 104 cm³/mol. The summed E-state index contributed by atoms with van der Waals surface area (Å²) in [6.45, 7) is 0.298. The van der Waals surface area contributed by atoms with Crippen molar-refractivity contribution in [2.75, 3.05) is 11.9 Å². The summed E-state index contributed by atoms with van der Waals surface area (Å²) in [6, 6.07) is 9.99. The standard InChI is InChI=1S/C20H18ClF3N4O2/c21-16-17(19(29)25-9-8-12-5-2-1-3-6-12)27-28-15(20(22,23)24)11-13(26-18(16)28)14-7-4-10-30-14/h1-7,10,13,15,26H,8-9,11H2,(H,25,29)/t13-,15-/m1/s1. The highest BCUT2D eigenvalue weighted by atomic mass is 35.5. The minimum atomic E-state index is -4.57. The summed E-state index contributed by atoms with van der Waals surface area (Å²) in [5.74, 6) is -0.336. The van der Waals surface area contributed by atoms with Crippen LogP contribution < -0.4 is 10.6 Å². The molecule has 1 amide bonds. The first-order valence-corrected chi connectivity index (χ1v) is 9.69. The highest BCUT2D eigenvalue weighted by Crippen LogP contribution is 2.46. The van der Waals surface area contributed by atoms with Gasteiger partial charge in [0.1, 0.15) is 16.6 Å². The van der Waals surface area contributed by atoms with Gasteiger partial charge in [-0.25, -0.2) is 4.68 Å². The topological polar surface area (TPSA) is 72.1 Å². The van der Waals surface area contributed by atoms with Gasteiger partial charge in [-0.1, -0.05) is 41.9 Å². The fourth-order valence-corrected chi connectivity index (χ4v) is 3.72. The van der Waals surface area contributed by atoms with Crippen LogP contribution in [0.1, 0.15) is 40.3 Å². The summed E-state index contributed by atoms with van der Waals surface area (Å²) in [4.78, 5) is 12.5. The first kappa shape index (κ1) is 20.3. The summed E-state index contributed by atoms with van der Waals surface area (Å²) >= 11 is 6.27. The Balaban J connectivity index is 1.56. The number of nitrogens with zero attached hydrogens (tertiary/aromatic N) is 2. The summed E-state index contributed by atoms with van der Waals surface area (Å²) in [7, 11) is 0. The van der Waals surface area contributed by atoms with Crippen LogP contribution in [-0.4, -0.2) is 28.4 Å². The van der Waals surface area contributed by atoms with E-state index in [1.807, 2.05) is 30.3 Å². The predicted octanol–water partition coefficient (Wildman–Crippen LogP) is 4.76. The molecule has 1 aliphatic heterocycles. The quantitative estimate of drug-likeness (QED) is 0.602. The Hall–Kier alpha value is -2.94. The van der Waals surface area contributed by atoms with Gasteiger partial charge in [0.2, 0.25) is 0 Å². The molecule has 3 heterocycles. The number of rotatable bonds is 5. The molecule has 0 radical (unpaired) electrons.